The van der Waals surface area contributed by atoms with Crippen molar-refractivity contribution in [1.82, 2.24) is 5.32 Å². The van der Waals surface area contributed by atoms with Gasteiger partial charge in [0.1, 0.15) is 0 Å². The summed E-state index contributed by atoms with van der Waals surface area (Å²) in [6.45, 7) is 9.69. The Hall–Kier alpha value is -0.860. The summed E-state index contributed by atoms with van der Waals surface area (Å²) in [4.78, 5) is 0. The maximum absolute atomic E-state index is 5.06. The Morgan fingerprint density at radius 1 is 1.05 bits per heavy atom. The van der Waals surface area contributed by atoms with Gasteiger partial charge in [-0.2, -0.15) is 0 Å². The number of benzene rings is 1. The molecule has 1 rings (SSSR count). The first kappa shape index (κ1) is 18.2. The molecule has 0 aromatic heterocycles. The minimum absolute atomic E-state index is 0.328. The normalized spacial score (nSPS) is 11.8. The summed E-state index contributed by atoms with van der Waals surface area (Å²) in [6.07, 6.45) is 6.14. The summed E-state index contributed by atoms with van der Waals surface area (Å²) < 4.78 is 5.06. The van der Waals surface area contributed by atoms with Crippen LogP contribution in [0.1, 0.15) is 51.2 Å². The van der Waals surface area contributed by atoms with E-state index in [9.17, 15) is 0 Å². The Morgan fingerprint density at radius 2 is 1.67 bits per heavy atom. The van der Waals surface area contributed by atoms with Crippen molar-refractivity contribution < 1.29 is 4.74 Å². The molecule has 2 heteroatoms. The summed E-state index contributed by atoms with van der Waals surface area (Å²) in [6, 6.07) is 9.21. The van der Waals surface area contributed by atoms with Crippen molar-refractivity contribution in [2.24, 2.45) is 5.41 Å². The van der Waals surface area contributed by atoms with Crippen LogP contribution < -0.4 is 5.32 Å². The van der Waals surface area contributed by atoms with Crippen molar-refractivity contribution in [1.29, 1.82) is 0 Å². The number of methoxy groups -OCH3 is 1. The number of unbranched alkanes of at least 4 members (excludes halogenated alkanes) is 1. The summed E-state index contributed by atoms with van der Waals surface area (Å²) in [5, 5.41) is 3.47. The van der Waals surface area contributed by atoms with Gasteiger partial charge in [0.2, 0.25) is 0 Å². The molecule has 1 aromatic rings. The fourth-order valence-corrected chi connectivity index (χ4v) is 2.43. The van der Waals surface area contributed by atoms with Crippen LogP contribution in [-0.4, -0.2) is 26.8 Å². The molecular formula is C19H33NO. The Balaban J connectivity index is 2.32. The number of nitrogens with one attached hydrogen (secondary N) is 1. The smallest absolute Gasteiger partial charge is 0.0587 e. The Kier molecular flexibility index (Phi) is 8.63. The lowest BCUT2D eigenvalue weighted by atomic mass is 9.86. The molecule has 0 aliphatic rings. The van der Waals surface area contributed by atoms with Crippen LogP contribution in [0, 0.1) is 5.41 Å². The van der Waals surface area contributed by atoms with Crippen molar-refractivity contribution in [3.05, 3.63) is 35.4 Å². The van der Waals surface area contributed by atoms with Crippen molar-refractivity contribution in [2.45, 2.75) is 52.9 Å². The van der Waals surface area contributed by atoms with Crippen LogP contribution in [0.5, 0.6) is 0 Å². The van der Waals surface area contributed by atoms with E-state index in [-0.39, 0.29) is 0 Å². The quantitative estimate of drug-likeness (QED) is 0.616. The van der Waals surface area contributed by atoms with Gasteiger partial charge in [0.15, 0.2) is 0 Å². The minimum Gasteiger partial charge on any atom is -0.383 e. The van der Waals surface area contributed by atoms with Gasteiger partial charge in [-0.25, -0.2) is 0 Å². The molecule has 1 aromatic carbocycles. The van der Waals surface area contributed by atoms with E-state index in [1.165, 1.54) is 36.8 Å². The molecule has 2 nitrogen and oxygen atoms in total. The molecule has 0 fully saturated rings. The zero-order valence-corrected chi connectivity index (χ0v) is 14.4. The average Bonchev–Trinajstić information content (AvgIpc) is 2.49. The van der Waals surface area contributed by atoms with Crippen LogP contribution in [0.2, 0.25) is 0 Å². The lowest BCUT2D eigenvalue weighted by Crippen LogP contribution is -2.31. The Morgan fingerprint density at radius 3 is 2.24 bits per heavy atom. The van der Waals surface area contributed by atoms with E-state index in [2.05, 4.69) is 50.4 Å². The van der Waals surface area contributed by atoms with Crippen LogP contribution in [0.15, 0.2) is 24.3 Å². The van der Waals surface area contributed by atoms with Crippen molar-refractivity contribution in [3.8, 4) is 0 Å². The number of ether oxygens (including phenoxy) is 1. The maximum Gasteiger partial charge on any atom is 0.0587 e. The molecule has 0 atom stereocenters. The molecule has 120 valence electrons. The van der Waals surface area contributed by atoms with Gasteiger partial charge < -0.3 is 10.1 Å². The van der Waals surface area contributed by atoms with Crippen LogP contribution in [0.25, 0.3) is 0 Å². The second kappa shape index (κ2) is 9.97. The zero-order chi connectivity index (χ0) is 15.6. The van der Waals surface area contributed by atoms with Crippen molar-refractivity contribution >= 4 is 0 Å². The summed E-state index contributed by atoms with van der Waals surface area (Å²) in [5.41, 5.74) is 3.26. The molecular weight excluding hydrogens is 258 g/mol. The van der Waals surface area contributed by atoms with E-state index in [1.807, 2.05) is 0 Å². The minimum atomic E-state index is 0.328. The molecule has 21 heavy (non-hydrogen) atoms. The van der Waals surface area contributed by atoms with E-state index in [4.69, 9.17) is 4.74 Å². The molecule has 0 aliphatic heterocycles. The fourth-order valence-electron chi connectivity index (χ4n) is 2.43. The van der Waals surface area contributed by atoms with E-state index in [0.717, 1.165) is 26.1 Å². The number of hydrogen-bond donors (Lipinski definition) is 1. The van der Waals surface area contributed by atoms with Crippen LogP contribution in [0.4, 0.5) is 0 Å². The van der Waals surface area contributed by atoms with Gasteiger partial charge in [-0.15, -0.1) is 0 Å². The number of hydrogen-bond acceptors (Lipinski definition) is 2. The fraction of sp³-hybridized carbons (Fsp3) is 0.684. The number of rotatable bonds is 11. The largest absolute Gasteiger partial charge is 0.383 e. The van der Waals surface area contributed by atoms with Gasteiger partial charge in [-0.05, 0) is 42.2 Å². The third-order valence-electron chi connectivity index (χ3n) is 4.02. The highest BCUT2D eigenvalue weighted by molar-refractivity contribution is 5.22. The summed E-state index contributed by atoms with van der Waals surface area (Å²) >= 11 is 0. The van der Waals surface area contributed by atoms with E-state index >= 15 is 0 Å². The predicted octanol–water partition coefficient (Wildman–Crippen LogP) is 4.22. The highest BCUT2D eigenvalue weighted by atomic mass is 16.5. The SMILES string of the molecule is CCCCc1ccc(CCC(C)(C)CNCCOC)cc1. The highest BCUT2D eigenvalue weighted by Crippen LogP contribution is 2.22. The molecule has 1 N–H and O–H groups in total. The third kappa shape index (κ3) is 8.23. The second-order valence-corrected chi connectivity index (χ2v) is 6.75. The molecule has 0 saturated heterocycles. The Bertz CT molecular complexity index is 370. The first-order valence-electron chi connectivity index (χ1n) is 8.35. The number of aryl methyl sites for hydroxylation is 2. The van der Waals surface area contributed by atoms with Gasteiger partial charge >= 0.3 is 0 Å². The predicted molar refractivity (Wildman–Crippen MR) is 91.9 cm³/mol. The first-order chi connectivity index (χ1) is 10.1. The lowest BCUT2D eigenvalue weighted by molar-refractivity contribution is 0.193. The van der Waals surface area contributed by atoms with E-state index in [0.29, 0.717) is 5.41 Å². The Labute approximate surface area is 131 Å². The van der Waals surface area contributed by atoms with Gasteiger partial charge in [0, 0.05) is 20.2 Å². The molecule has 0 heterocycles. The zero-order valence-electron chi connectivity index (χ0n) is 14.4. The average molecular weight is 291 g/mol. The molecule has 0 aliphatic carbocycles. The van der Waals surface area contributed by atoms with Gasteiger partial charge in [0.05, 0.1) is 6.61 Å². The second-order valence-electron chi connectivity index (χ2n) is 6.75. The topological polar surface area (TPSA) is 21.3 Å². The summed E-state index contributed by atoms with van der Waals surface area (Å²) in [5.74, 6) is 0. The molecule has 0 radical (unpaired) electrons. The van der Waals surface area contributed by atoms with E-state index in [1.54, 1.807) is 7.11 Å². The molecule has 0 spiro atoms. The lowest BCUT2D eigenvalue weighted by Gasteiger charge is -2.25. The van der Waals surface area contributed by atoms with E-state index < -0.39 is 0 Å². The standard InChI is InChI=1S/C19H33NO/c1-5-6-7-17-8-10-18(11-9-17)12-13-19(2,3)16-20-14-15-21-4/h8-11,20H,5-7,12-16H2,1-4H3. The highest BCUT2D eigenvalue weighted by Gasteiger charge is 2.16. The summed E-state index contributed by atoms with van der Waals surface area (Å²) in [7, 11) is 1.75. The monoisotopic (exact) mass is 291 g/mol. The van der Waals surface area contributed by atoms with Gasteiger partial charge in [-0.3, -0.25) is 0 Å². The first-order valence-corrected chi connectivity index (χ1v) is 8.35. The van der Waals surface area contributed by atoms with Gasteiger partial charge in [-0.1, -0.05) is 51.5 Å². The van der Waals surface area contributed by atoms with Crippen LogP contribution in [-0.2, 0) is 17.6 Å². The molecule has 0 amide bonds. The third-order valence-corrected chi connectivity index (χ3v) is 4.02. The van der Waals surface area contributed by atoms with Crippen LogP contribution >= 0.6 is 0 Å². The molecule has 0 saturated carbocycles. The maximum atomic E-state index is 5.06. The van der Waals surface area contributed by atoms with Crippen molar-refractivity contribution in [2.75, 3.05) is 26.8 Å². The van der Waals surface area contributed by atoms with Crippen LogP contribution in [0.3, 0.4) is 0 Å². The van der Waals surface area contributed by atoms with Crippen molar-refractivity contribution in [3.63, 3.8) is 0 Å². The van der Waals surface area contributed by atoms with Gasteiger partial charge in [0.25, 0.3) is 0 Å². The molecule has 0 bridgehead atoms. The molecule has 0 unspecified atom stereocenters.